The van der Waals surface area contributed by atoms with Crippen molar-refractivity contribution < 1.29 is 9.32 Å². The third-order valence-corrected chi connectivity index (χ3v) is 4.99. The first-order valence-electron chi connectivity index (χ1n) is 9.89. The summed E-state index contributed by atoms with van der Waals surface area (Å²) < 4.78 is 5.20. The Bertz CT molecular complexity index is 1030. The van der Waals surface area contributed by atoms with E-state index in [0.29, 0.717) is 29.8 Å². The van der Waals surface area contributed by atoms with Crippen LogP contribution in [0, 0.1) is 0 Å². The maximum absolute atomic E-state index is 12.5. The Morgan fingerprint density at radius 1 is 1.28 bits per heavy atom. The summed E-state index contributed by atoms with van der Waals surface area (Å²) in [7, 11) is 0. The lowest BCUT2D eigenvalue weighted by Crippen LogP contribution is -2.32. The predicted octanol–water partition coefficient (Wildman–Crippen LogP) is 4.02. The molecular weight excluding hydrogens is 368 g/mol. The molecule has 2 aromatic heterocycles. The van der Waals surface area contributed by atoms with Crippen LogP contribution in [0.5, 0.6) is 0 Å². The van der Waals surface area contributed by atoms with Gasteiger partial charge in [0, 0.05) is 24.1 Å². The van der Waals surface area contributed by atoms with Crippen LogP contribution in [0.15, 0.2) is 35.0 Å². The Balaban J connectivity index is 1.44. The zero-order valence-electron chi connectivity index (χ0n) is 16.8. The van der Waals surface area contributed by atoms with Crippen molar-refractivity contribution >= 4 is 11.8 Å². The van der Waals surface area contributed by atoms with E-state index in [-0.39, 0.29) is 18.0 Å². The lowest BCUT2D eigenvalue weighted by atomic mass is 10.0. The van der Waals surface area contributed by atoms with Gasteiger partial charge in [-0.1, -0.05) is 38.1 Å². The molecule has 150 valence electrons. The van der Waals surface area contributed by atoms with E-state index in [1.54, 1.807) is 12.3 Å². The first-order valence-corrected chi connectivity index (χ1v) is 9.89. The average Bonchev–Trinajstić information content (AvgIpc) is 3.35. The maximum Gasteiger partial charge on any atom is 0.320 e. The van der Waals surface area contributed by atoms with E-state index >= 15 is 0 Å². The molecule has 0 saturated carbocycles. The van der Waals surface area contributed by atoms with Crippen molar-refractivity contribution in [1.82, 2.24) is 25.4 Å². The molecule has 0 unspecified atom stereocenters. The van der Waals surface area contributed by atoms with Crippen molar-refractivity contribution in [2.24, 2.45) is 0 Å². The van der Waals surface area contributed by atoms with Crippen molar-refractivity contribution in [3.8, 4) is 11.4 Å². The maximum atomic E-state index is 12.5. The molecule has 3 aromatic rings. The third kappa shape index (κ3) is 4.11. The molecular formula is C21H24N6O2. The Morgan fingerprint density at radius 3 is 2.90 bits per heavy atom. The highest BCUT2D eigenvalue weighted by atomic mass is 16.5. The van der Waals surface area contributed by atoms with E-state index in [2.05, 4.69) is 36.8 Å². The third-order valence-electron chi connectivity index (χ3n) is 4.99. The zero-order chi connectivity index (χ0) is 20.4. The van der Waals surface area contributed by atoms with Crippen LogP contribution in [0.2, 0.25) is 0 Å². The minimum absolute atomic E-state index is 0.0399. The number of fused-ring (bicyclic) bond motifs is 1. The average molecular weight is 392 g/mol. The monoisotopic (exact) mass is 392 g/mol. The standard InChI is InChI=1S/C21H24N6O2/c1-4-18-26-20(27-29-18)14-5-7-15-13(11-14)6-8-16(15)23-21(28)25-17-9-10-22-19(24-17)12(2)3/h5,7,9-12,16H,4,6,8H2,1-3H3,(H2,22,23,24,25,28)/t16-/m1/s1. The van der Waals surface area contributed by atoms with Gasteiger partial charge in [-0.15, -0.1) is 0 Å². The fourth-order valence-corrected chi connectivity index (χ4v) is 3.45. The van der Waals surface area contributed by atoms with Crippen molar-refractivity contribution in [2.75, 3.05) is 5.32 Å². The summed E-state index contributed by atoms with van der Waals surface area (Å²) in [6.07, 6.45) is 4.10. The number of carbonyl (C=O) groups is 1. The Morgan fingerprint density at radius 2 is 2.14 bits per heavy atom. The van der Waals surface area contributed by atoms with Gasteiger partial charge >= 0.3 is 6.03 Å². The Hall–Kier alpha value is -3.29. The molecule has 1 aromatic carbocycles. The second-order valence-electron chi connectivity index (χ2n) is 7.42. The van der Waals surface area contributed by atoms with Gasteiger partial charge in [-0.25, -0.2) is 14.8 Å². The number of aryl methyl sites for hydroxylation is 2. The quantitative estimate of drug-likeness (QED) is 0.679. The van der Waals surface area contributed by atoms with Gasteiger partial charge in [0.15, 0.2) is 0 Å². The summed E-state index contributed by atoms with van der Waals surface area (Å²) >= 11 is 0. The SMILES string of the molecule is CCc1nc(-c2ccc3c(c2)CC[C@H]3NC(=O)Nc2ccnc(C(C)C)n2)no1. The van der Waals surface area contributed by atoms with Gasteiger partial charge in [0.2, 0.25) is 11.7 Å². The van der Waals surface area contributed by atoms with E-state index < -0.39 is 0 Å². The number of nitrogens with one attached hydrogen (secondary N) is 2. The van der Waals surface area contributed by atoms with Gasteiger partial charge in [-0.2, -0.15) is 4.98 Å². The highest BCUT2D eigenvalue weighted by Crippen LogP contribution is 2.33. The van der Waals surface area contributed by atoms with E-state index in [9.17, 15) is 4.79 Å². The minimum atomic E-state index is -0.272. The molecule has 0 fully saturated rings. The fraction of sp³-hybridized carbons (Fsp3) is 0.381. The molecule has 0 saturated heterocycles. The van der Waals surface area contributed by atoms with Gasteiger partial charge in [-0.3, -0.25) is 5.32 Å². The van der Waals surface area contributed by atoms with Crippen LogP contribution in [0.25, 0.3) is 11.4 Å². The molecule has 0 radical (unpaired) electrons. The van der Waals surface area contributed by atoms with Gasteiger partial charge in [0.25, 0.3) is 0 Å². The number of nitrogens with zero attached hydrogens (tertiary/aromatic N) is 4. The second kappa shape index (κ2) is 7.98. The molecule has 1 atom stereocenters. The van der Waals surface area contributed by atoms with Crippen LogP contribution < -0.4 is 10.6 Å². The molecule has 0 spiro atoms. The zero-order valence-corrected chi connectivity index (χ0v) is 16.8. The number of hydrogen-bond acceptors (Lipinski definition) is 6. The summed E-state index contributed by atoms with van der Waals surface area (Å²) in [4.78, 5) is 25.5. The van der Waals surface area contributed by atoms with E-state index in [1.807, 2.05) is 32.9 Å². The molecule has 2 N–H and O–H groups in total. The number of amides is 2. The smallest absolute Gasteiger partial charge is 0.320 e. The molecule has 8 nitrogen and oxygen atoms in total. The highest BCUT2D eigenvalue weighted by molar-refractivity contribution is 5.88. The van der Waals surface area contributed by atoms with E-state index in [0.717, 1.165) is 24.0 Å². The first kappa shape index (κ1) is 19.0. The van der Waals surface area contributed by atoms with Crippen molar-refractivity contribution in [3.63, 3.8) is 0 Å². The van der Waals surface area contributed by atoms with Crippen molar-refractivity contribution in [2.45, 2.75) is 52.0 Å². The van der Waals surface area contributed by atoms with Crippen molar-refractivity contribution in [1.29, 1.82) is 0 Å². The first-order chi connectivity index (χ1) is 14.0. The summed E-state index contributed by atoms with van der Waals surface area (Å²) in [5.41, 5.74) is 3.24. The number of anilines is 1. The summed E-state index contributed by atoms with van der Waals surface area (Å²) in [5.74, 6) is 2.63. The molecule has 0 bridgehead atoms. The normalized spacial score (nSPS) is 15.4. The summed E-state index contributed by atoms with van der Waals surface area (Å²) in [5, 5.41) is 9.89. The van der Waals surface area contributed by atoms with Crippen LogP contribution in [-0.4, -0.2) is 26.1 Å². The highest BCUT2D eigenvalue weighted by Gasteiger charge is 2.25. The number of urea groups is 1. The summed E-state index contributed by atoms with van der Waals surface area (Å²) in [6.45, 7) is 6.01. The van der Waals surface area contributed by atoms with Crippen LogP contribution in [-0.2, 0) is 12.8 Å². The number of hydrogen-bond donors (Lipinski definition) is 2. The topological polar surface area (TPSA) is 106 Å². The molecule has 8 heteroatoms. The van der Waals surface area contributed by atoms with E-state index in [1.165, 1.54) is 5.56 Å². The Labute approximate surface area is 169 Å². The second-order valence-corrected chi connectivity index (χ2v) is 7.42. The van der Waals surface area contributed by atoms with Gasteiger partial charge < -0.3 is 9.84 Å². The molecule has 2 heterocycles. The molecule has 2 amide bonds. The molecule has 4 rings (SSSR count). The predicted molar refractivity (Wildman–Crippen MR) is 108 cm³/mol. The van der Waals surface area contributed by atoms with Crippen LogP contribution in [0.3, 0.4) is 0 Å². The molecule has 1 aliphatic rings. The van der Waals surface area contributed by atoms with Gasteiger partial charge in [-0.05, 0) is 36.1 Å². The molecule has 0 aliphatic heterocycles. The lowest BCUT2D eigenvalue weighted by Gasteiger charge is -2.15. The summed E-state index contributed by atoms with van der Waals surface area (Å²) in [6, 6.07) is 7.47. The molecule has 1 aliphatic carbocycles. The van der Waals surface area contributed by atoms with Crippen molar-refractivity contribution in [3.05, 3.63) is 53.3 Å². The van der Waals surface area contributed by atoms with Crippen LogP contribution in [0.1, 0.15) is 62.0 Å². The van der Waals surface area contributed by atoms with Crippen LogP contribution in [0.4, 0.5) is 10.6 Å². The Kier molecular flexibility index (Phi) is 5.24. The fourth-order valence-electron chi connectivity index (χ4n) is 3.45. The van der Waals surface area contributed by atoms with Gasteiger partial charge in [0.1, 0.15) is 11.6 Å². The number of benzene rings is 1. The largest absolute Gasteiger partial charge is 0.339 e. The molecule has 29 heavy (non-hydrogen) atoms. The van der Waals surface area contributed by atoms with Gasteiger partial charge in [0.05, 0.1) is 6.04 Å². The minimum Gasteiger partial charge on any atom is -0.339 e. The van der Waals surface area contributed by atoms with Crippen LogP contribution >= 0.6 is 0 Å². The number of rotatable bonds is 5. The number of carbonyl (C=O) groups excluding carboxylic acids is 1. The lowest BCUT2D eigenvalue weighted by molar-refractivity contribution is 0.248. The van der Waals surface area contributed by atoms with E-state index in [4.69, 9.17) is 4.52 Å². The number of aromatic nitrogens is 4.